The number of urea groups is 1. The Bertz CT molecular complexity index is 652. The zero-order chi connectivity index (χ0) is 16.5. The zero-order valence-corrected chi connectivity index (χ0v) is 12.9. The molecule has 0 spiro atoms. The fourth-order valence-electron chi connectivity index (χ4n) is 1.77. The van der Waals surface area contributed by atoms with Crippen molar-refractivity contribution in [2.45, 2.75) is 6.92 Å². The van der Waals surface area contributed by atoms with Crippen molar-refractivity contribution in [3.63, 3.8) is 0 Å². The van der Waals surface area contributed by atoms with Crippen LogP contribution in [0.25, 0.3) is 0 Å². The Hall–Kier alpha value is -3.02. The first kappa shape index (κ1) is 16.4. The molecule has 0 aliphatic rings. The van der Waals surface area contributed by atoms with Crippen LogP contribution in [-0.4, -0.2) is 25.5 Å². The van der Waals surface area contributed by atoms with Gasteiger partial charge in [-0.1, -0.05) is 17.7 Å². The van der Waals surface area contributed by atoms with E-state index in [1.807, 2.05) is 55.5 Å². The molecule has 2 aromatic carbocycles. The number of hydrogen-bond acceptors (Lipinski definition) is 4. The number of ether oxygens (including phenoxy) is 2. The molecule has 0 heterocycles. The van der Waals surface area contributed by atoms with Gasteiger partial charge in [-0.3, -0.25) is 0 Å². The fourth-order valence-corrected chi connectivity index (χ4v) is 1.77. The fraction of sp³-hybridized carbons (Fsp3) is 0.176. The predicted octanol–water partition coefficient (Wildman–Crippen LogP) is 2.46. The third-order valence-corrected chi connectivity index (χ3v) is 2.91. The van der Waals surface area contributed by atoms with Crippen molar-refractivity contribution in [3.05, 3.63) is 59.7 Å². The second-order valence-corrected chi connectivity index (χ2v) is 4.81. The summed E-state index contributed by atoms with van der Waals surface area (Å²) in [7, 11) is 0. The maximum atomic E-state index is 10.5. The summed E-state index contributed by atoms with van der Waals surface area (Å²) >= 11 is 0. The van der Waals surface area contributed by atoms with Crippen LogP contribution < -0.4 is 20.6 Å². The summed E-state index contributed by atoms with van der Waals surface area (Å²) in [5, 5.41) is 3.68. The van der Waals surface area contributed by atoms with Crippen LogP contribution in [0.15, 0.2) is 53.6 Å². The van der Waals surface area contributed by atoms with Gasteiger partial charge in [0, 0.05) is 0 Å². The Kier molecular flexibility index (Phi) is 5.99. The standard InChI is InChI=1S/C17H19N3O3/c1-13-2-6-15(7-3-13)22-10-11-23-16-8-4-14(5-9-16)12-19-20-17(18)21/h2-9,12H,10-11H2,1H3,(H3,18,20,21)/b19-12-. The minimum atomic E-state index is -0.699. The molecular formula is C17H19N3O3. The van der Waals surface area contributed by atoms with Crippen LogP contribution in [0.4, 0.5) is 4.79 Å². The lowest BCUT2D eigenvalue weighted by atomic mass is 10.2. The molecule has 0 saturated heterocycles. The van der Waals surface area contributed by atoms with E-state index in [-0.39, 0.29) is 0 Å². The molecule has 0 atom stereocenters. The Morgan fingerprint density at radius 2 is 1.57 bits per heavy atom. The average Bonchev–Trinajstić information content (AvgIpc) is 2.54. The highest BCUT2D eigenvalue weighted by Crippen LogP contribution is 2.13. The van der Waals surface area contributed by atoms with Gasteiger partial charge >= 0.3 is 6.03 Å². The number of carbonyl (C=O) groups excluding carboxylic acids is 1. The van der Waals surface area contributed by atoms with Crippen LogP contribution in [0.1, 0.15) is 11.1 Å². The van der Waals surface area contributed by atoms with E-state index in [4.69, 9.17) is 15.2 Å². The van der Waals surface area contributed by atoms with Crippen molar-refractivity contribution in [2.24, 2.45) is 10.8 Å². The number of hydrogen-bond donors (Lipinski definition) is 2. The molecule has 0 saturated carbocycles. The minimum absolute atomic E-state index is 0.449. The summed E-state index contributed by atoms with van der Waals surface area (Å²) < 4.78 is 11.2. The Morgan fingerprint density at radius 1 is 1.04 bits per heavy atom. The number of aryl methyl sites for hydroxylation is 1. The highest BCUT2D eigenvalue weighted by atomic mass is 16.5. The average molecular weight is 313 g/mol. The van der Waals surface area contributed by atoms with Gasteiger partial charge in [0.25, 0.3) is 0 Å². The smallest absolute Gasteiger partial charge is 0.332 e. The summed E-state index contributed by atoms with van der Waals surface area (Å²) in [6.07, 6.45) is 1.50. The number of rotatable bonds is 7. The zero-order valence-electron chi connectivity index (χ0n) is 12.9. The number of amides is 2. The Balaban J connectivity index is 1.72. The van der Waals surface area contributed by atoms with E-state index in [1.54, 1.807) is 0 Å². The lowest BCUT2D eigenvalue weighted by Gasteiger charge is -2.08. The topological polar surface area (TPSA) is 85.9 Å². The molecule has 23 heavy (non-hydrogen) atoms. The van der Waals surface area contributed by atoms with E-state index < -0.39 is 6.03 Å². The van der Waals surface area contributed by atoms with Crippen molar-refractivity contribution < 1.29 is 14.3 Å². The number of benzene rings is 2. The minimum Gasteiger partial charge on any atom is -0.490 e. The lowest BCUT2D eigenvalue weighted by molar-refractivity contribution is 0.217. The molecule has 0 fully saturated rings. The van der Waals surface area contributed by atoms with E-state index in [0.29, 0.717) is 13.2 Å². The van der Waals surface area contributed by atoms with Gasteiger partial charge in [0.2, 0.25) is 0 Å². The number of primary amides is 1. The molecular weight excluding hydrogens is 294 g/mol. The number of nitrogens with zero attached hydrogens (tertiary/aromatic N) is 1. The van der Waals surface area contributed by atoms with Gasteiger partial charge in [-0.05, 0) is 48.9 Å². The largest absolute Gasteiger partial charge is 0.490 e. The third-order valence-electron chi connectivity index (χ3n) is 2.91. The molecule has 0 radical (unpaired) electrons. The van der Waals surface area contributed by atoms with Crippen molar-refractivity contribution >= 4 is 12.2 Å². The predicted molar refractivity (Wildman–Crippen MR) is 88.9 cm³/mol. The third kappa shape index (κ3) is 6.09. The highest BCUT2D eigenvalue weighted by Gasteiger charge is 1.96. The van der Waals surface area contributed by atoms with E-state index in [2.05, 4.69) is 10.5 Å². The van der Waals surface area contributed by atoms with E-state index in [0.717, 1.165) is 17.1 Å². The maximum Gasteiger partial charge on any atom is 0.332 e. The second-order valence-electron chi connectivity index (χ2n) is 4.81. The van der Waals surface area contributed by atoms with Gasteiger partial charge in [0.1, 0.15) is 24.7 Å². The van der Waals surface area contributed by atoms with Crippen LogP contribution in [0.5, 0.6) is 11.5 Å². The van der Waals surface area contributed by atoms with Gasteiger partial charge in [-0.2, -0.15) is 5.10 Å². The van der Waals surface area contributed by atoms with Gasteiger partial charge in [0.15, 0.2) is 0 Å². The summed E-state index contributed by atoms with van der Waals surface area (Å²) in [6.45, 7) is 2.95. The van der Waals surface area contributed by atoms with Crippen LogP contribution in [-0.2, 0) is 0 Å². The quantitative estimate of drug-likeness (QED) is 0.468. The van der Waals surface area contributed by atoms with Crippen LogP contribution >= 0.6 is 0 Å². The van der Waals surface area contributed by atoms with Gasteiger partial charge in [-0.15, -0.1) is 0 Å². The lowest BCUT2D eigenvalue weighted by Crippen LogP contribution is -2.24. The van der Waals surface area contributed by atoms with Crippen LogP contribution in [0.2, 0.25) is 0 Å². The first-order chi connectivity index (χ1) is 11.1. The molecule has 0 aromatic heterocycles. The first-order valence-corrected chi connectivity index (χ1v) is 7.14. The van der Waals surface area contributed by atoms with E-state index in [1.165, 1.54) is 11.8 Å². The summed E-state index contributed by atoms with van der Waals surface area (Å²) in [4.78, 5) is 10.5. The highest BCUT2D eigenvalue weighted by molar-refractivity contribution is 5.81. The Morgan fingerprint density at radius 3 is 2.09 bits per heavy atom. The Labute approximate surface area is 134 Å². The number of nitrogens with one attached hydrogen (secondary N) is 1. The molecule has 6 heteroatoms. The second kappa shape index (κ2) is 8.43. The van der Waals surface area contributed by atoms with Gasteiger partial charge in [0.05, 0.1) is 6.21 Å². The number of hydrazone groups is 1. The van der Waals surface area contributed by atoms with Gasteiger partial charge in [-0.25, -0.2) is 10.2 Å². The van der Waals surface area contributed by atoms with E-state index in [9.17, 15) is 4.79 Å². The molecule has 3 N–H and O–H groups in total. The molecule has 6 nitrogen and oxygen atoms in total. The molecule has 120 valence electrons. The van der Waals surface area contributed by atoms with Crippen molar-refractivity contribution in [1.82, 2.24) is 5.43 Å². The SMILES string of the molecule is Cc1ccc(OCCOc2ccc(/C=N\NC(N)=O)cc2)cc1. The molecule has 2 rings (SSSR count). The number of carbonyl (C=O) groups is 1. The van der Waals surface area contributed by atoms with E-state index >= 15 is 0 Å². The monoisotopic (exact) mass is 313 g/mol. The van der Waals surface area contributed by atoms with Crippen molar-refractivity contribution in [1.29, 1.82) is 0 Å². The molecule has 0 unspecified atom stereocenters. The first-order valence-electron chi connectivity index (χ1n) is 7.14. The van der Waals surface area contributed by atoms with Crippen LogP contribution in [0.3, 0.4) is 0 Å². The van der Waals surface area contributed by atoms with Gasteiger partial charge < -0.3 is 15.2 Å². The number of nitrogens with two attached hydrogens (primary N) is 1. The molecule has 0 aliphatic carbocycles. The van der Waals surface area contributed by atoms with Crippen LogP contribution in [0, 0.1) is 6.92 Å². The molecule has 2 aromatic rings. The maximum absolute atomic E-state index is 10.5. The molecule has 2 amide bonds. The molecule has 0 aliphatic heterocycles. The normalized spacial score (nSPS) is 10.5. The summed E-state index contributed by atoms with van der Waals surface area (Å²) in [5.74, 6) is 1.56. The van der Waals surface area contributed by atoms with Crippen molar-refractivity contribution in [3.8, 4) is 11.5 Å². The summed E-state index contributed by atoms with van der Waals surface area (Å²) in [5.41, 5.74) is 9.05. The molecule has 0 bridgehead atoms. The van der Waals surface area contributed by atoms with Crippen molar-refractivity contribution in [2.75, 3.05) is 13.2 Å². The summed E-state index contributed by atoms with van der Waals surface area (Å²) in [6, 6.07) is 14.5.